The van der Waals surface area contributed by atoms with Gasteiger partial charge in [0.25, 0.3) is 0 Å². The third-order valence-electron chi connectivity index (χ3n) is 7.76. The van der Waals surface area contributed by atoms with Crippen LogP contribution in [0.1, 0.15) is 67.7 Å². The van der Waals surface area contributed by atoms with Crippen LogP contribution in [0.3, 0.4) is 0 Å². The van der Waals surface area contributed by atoms with Crippen molar-refractivity contribution in [3.63, 3.8) is 0 Å². The molecule has 186 valence electrons. The topological polar surface area (TPSA) is 78.9 Å². The zero-order valence-electron chi connectivity index (χ0n) is 21.6. The number of Topliss-reactive ketones (excluding diaryl/α,β-unsaturated/α-hetero) is 1. The molecule has 0 aromatic carbocycles. The highest BCUT2D eigenvalue weighted by Crippen LogP contribution is 2.54. The fourth-order valence-corrected chi connectivity index (χ4v) is 5.27. The molecule has 6 nitrogen and oxygen atoms in total. The van der Waals surface area contributed by atoms with Crippen LogP contribution in [-0.2, 0) is 28.6 Å². The summed E-state index contributed by atoms with van der Waals surface area (Å²) in [5, 5.41) is 0. The van der Waals surface area contributed by atoms with Crippen molar-refractivity contribution in [2.45, 2.75) is 86.0 Å². The first-order chi connectivity index (χ1) is 15.5. The van der Waals surface area contributed by atoms with Crippen molar-refractivity contribution in [1.29, 1.82) is 0 Å². The maximum Gasteiger partial charge on any atom is 0.331 e. The minimum absolute atomic E-state index is 0.0856. The van der Waals surface area contributed by atoms with E-state index >= 15 is 0 Å². The molecule has 33 heavy (non-hydrogen) atoms. The van der Waals surface area contributed by atoms with Crippen molar-refractivity contribution in [1.82, 2.24) is 0 Å². The van der Waals surface area contributed by atoms with E-state index in [0.717, 1.165) is 12.0 Å². The first kappa shape index (κ1) is 27.3. The molecule has 0 radical (unpaired) electrons. The van der Waals surface area contributed by atoms with E-state index in [4.69, 9.17) is 14.2 Å². The van der Waals surface area contributed by atoms with Gasteiger partial charge < -0.3 is 14.2 Å². The first-order valence-corrected chi connectivity index (χ1v) is 12.3. The second-order valence-corrected chi connectivity index (χ2v) is 10.1. The lowest BCUT2D eigenvalue weighted by molar-refractivity contribution is -0.161. The average molecular weight is 463 g/mol. The third-order valence-corrected chi connectivity index (χ3v) is 7.76. The van der Waals surface area contributed by atoms with Gasteiger partial charge in [0, 0.05) is 19.1 Å². The lowest BCUT2D eigenvalue weighted by Crippen LogP contribution is -2.45. The van der Waals surface area contributed by atoms with Gasteiger partial charge in [0.2, 0.25) is 0 Å². The molecule has 2 saturated carbocycles. The van der Waals surface area contributed by atoms with Crippen LogP contribution in [0.15, 0.2) is 23.8 Å². The van der Waals surface area contributed by atoms with Gasteiger partial charge >= 0.3 is 11.9 Å². The van der Waals surface area contributed by atoms with Crippen LogP contribution in [0.5, 0.6) is 0 Å². The maximum atomic E-state index is 13.6. The van der Waals surface area contributed by atoms with E-state index in [0.29, 0.717) is 18.4 Å². The molecule has 2 aliphatic carbocycles. The highest BCUT2D eigenvalue weighted by Gasteiger charge is 2.60. The number of esters is 2. The summed E-state index contributed by atoms with van der Waals surface area (Å²) < 4.78 is 17.3. The largest absolute Gasteiger partial charge is 0.455 e. The van der Waals surface area contributed by atoms with Crippen molar-refractivity contribution >= 4 is 17.7 Å². The van der Waals surface area contributed by atoms with Crippen LogP contribution in [0.4, 0.5) is 0 Å². The van der Waals surface area contributed by atoms with E-state index in [1.165, 1.54) is 6.08 Å². The summed E-state index contributed by atoms with van der Waals surface area (Å²) in [6.07, 6.45) is 1.72. The Balaban J connectivity index is 2.47. The lowest BCUT2D eigenvalue weighted by atomic mass is 9.63. The average Bonchev–Trinajstić information content (AvgIpc) is 3.06. The second kappa shape index (κ2) is 11.5. The molecule has 0 aromatic heterocycles. The standard InChI is InChI=1S/C27H42O6/c1-10-15(5)12-21(28)32-20-13-19(14(3)4)24-22(17(20)7)26(33-27(30)16(6)11-2)25(29)23(24)18(8)31-9/h12,14,16,18-20,22-24,26H,7,10-11,13H2,1-6,8-9H3/b15-12+/t16?,18?,19-,20+,22-,23?,24-,26-/m0/s1. The summed E-state index contributed by atoms with van der Waals surface area (Å²) in [5.41, 5.74) is 1.60. The van der Waals surface area contributed by atoms with Gasteiger partial charge in [-0.05, 0) is 56.4 Å². The van der Waals surface area contributed by atoms with E-state index in [1.54, 1.807) is 14.0 Å². The Kier molecular flexibility index (Phi) is 9.48. The van der Waals surface area contributed by atoms with Gasteiger partial charge in [-0.1, -0.05) is 46.8 Å². The molecule has 6 heteroatoms. The molecular weight excluding hydrogens is 420 g/mol. The highest BCUT2D eigenvalue weighted by atomic mass is 16.6. The van der Waals surface area contributed by atoms with Crippen LogP contribution in [-0.4, -0.2) is 43.1 Å². The molecule has 8 atom stereocenters. The fourth-order valence-electron chi connectivity index (χ4n) is 5.27. The number of hydrogen-bond acceptors (Lipinski definition) is 6. The summed E-state index contributed by atoms with van der Waals surface area (Å²) in [4.78, 5) is 38.9. The SMILES string of the molecule is C=C1[C@H]2[C@@H](C(C(C)OC)C(=O)[C@H]2OC(=O)C(C)CC)[C@H](C(C)C)C[C@H]1OC(=O)/C=C(\C)CC. The number of hydrogen-bond donors (Lipinski definition) is 0. The van der Waals surface area contributed by atoms with E-state index in [-0.39, 0.29) is 41.5 Å². The summed E-state index contributed by atoms with van der Waals surface area (Å²) in [5.74, 6) is -1.76. The monoisotopic (exact) mass is 462 g/mol. The van der Waals surface area contributed by atoms with Crippen molar-refractivity contribution in [2.75, 3.05) is 7.11 Å². The Morgan fingerprint density at radius 1 is 1.15 bits per heavy atom. The van der Waals surface area contributed by atoms with Gasteiger partial charge in [0.15, 0.2) is 11.9 Å². The molecule has 3 unspecified atom stereocenters. The molecule has 2 aliphatic rings. The molecule has 0 aliphatic heterocycles. The highest BCUT2D eigenvalue weighted by molar-refractivity contribution is 5.92. The van der Waals surface area contributed by atoms with Gasteiger partial charge in [0.05, 0.1) is 17.9 Å². The Hall–Kier alpha value is -1.95. The number of allylic oxidation sites excluding steroid dienone is 1. The van der Waals surface area contributed by atoms with Gasteiger partial charge in [-0.2, -0.15) is 0 Å². The summed E-state index contributed by atoms with van der Waals surface area (Å²) in [6.45, 7) is 18.0. The third kappa shape index (κ3) is 5.76. The van der Waals surface area contributed by atoms with E-state index in [1.807, 2.05) is 27.7 Å². The van der Waals surface area contributed by atoms with Crippen LogP contribution in [0, 0.1) is 35.5 Å². The smallest absolute Gasteiger partial charge is 0.331 e. The van der Waals surface area contributed by atoms with Gasteiger partial charge in [0.1, 0.15) is 6.10 Å². The van der Waals surface area contributed by atoms with E-state index in [9.17, 15) is 14.4 Å². The molecule has 0 saturated heterocycles. The normalized spacial score (nSPS) is 31.8. The second-order valence-electron chi connectivity index (χ2n) is 10.1. The summed E-state index contributed by atoms with van der Waals surface area (Å²) >= 11 is 0. The molecule has 2 fully saturated rings. The zero-order valence-corrected chi connectivity index (χ0v) is 21.6. The fraction of sp³-hybridized carbons (Fsp3) is 0.741. The Morgan fingerprint density at radius 2 is 1.79 bits per heavy atom. The zero-order chi connectivity index (χ0) is 25.0. The number of fused-ring (bicyclic) bond motifs is 1. The van der Waals surface area contributed by atoms with Crippen molar-refractivity contribution in [2.24, 2.45) is 35.5 Å². The van der Waals surface area contributed by atoms with Crippen LogP contribution in [0.25, 0.3) is 0 Å². The quantitative estimate of drug-likeness (QED) is 0.275. The Bertz CT molecular complexity index is 781. The number of methoxy groups -OCH3 is 1. The minimum Gasteiger partial charge on any atom is -0.455 e. The van der Waals surface area contributed by atoms with Crippen molar-refractivity contribution in [3.05, 3.63) is 23.8 Å². The van der Waals surface area contributed by atoms with Crippen molar-refractivity contribution in [3.8, 4) is 0 Å². The predicted octanol–water partition coefficient (Wildman–Crippen LogP) is 4.91. The molecule has 0 heterocycles. The lowest BCUT2D eigenvalue weighted by Gasteiger charge is -2.44. The van der Waals surface area contributed by atoms with Crippen molar-refractivity contribution < 1.29 is 28.6 Å². The molecule has 0 spiro atoms. The van der Waals surface area contributed by atoms with E-state index < -0.39 is 30.0 Å². The number of carbonyl (C=O) groups excluding carboxylic acids is 3. The molecular formula is C27H42O6. The number of ether oxygens (including phenoxy) is 3. The predicted molar refractivity (Wildman–Crippen MR) is 127 cm³/mol. The molecule has 0 aromatic rings. The van der Waals surface area contributed by atoms with Crippen LogP contribution >= 0.6 is 0 Å². The van der Waals surface area contributed by atoms with E-state index in [2.05, 4.69) is 20.4 Å². The maximum absolute atomic E-state index is 13.6. The molecule has 0 N–H and O–H groups in total. The molecule has 0 bridgehead atoms. The van der Waals surface area contributed by atoms with Gasteiger partial charge in [-0.15, -0.1) is 0 Å². The first-order valence-electron chi connectivity index (χ1n) is 12.3. The Labute approximate surface area is 199 Å². The summed E-state index contributed by atoms with van der Waals surface area (Å²) in [6, 6.07) is 0. The van der Waals surface area contributed by atoms with Crippen LogP contribution in [0.2, 0.25) is 0 Å². The van der Waals surface area contributed by atoms with Gasteiger partial charge in [-0.3, -0.25) is 9.59 Å². The number of carbonyl (C=O) groups is 3. The number of rotatable bonds is 9. The minimum atomic E-state index is -0.928. The molecule has 2 rings (SSSR count). The Morgan fingerprint density at radius 3 is 2.30 bits per heavy atom. The van der Waals surface area contributed by atoms with Gasteiger partial charge in [-0.25, -0.2) is 4.79 Å². The number of ketones is 1. The van der Waals surface area contributed by atoms with Crippen LogP contribution < -0.4 is 0 Å². The molecule has 0 amide bonds. The summed E-state index contributed by atoms with van der Waals surface area (Å²) in [7, 11) is 1.60.